The van der Waals surface area contributed by atoms with Crippen LogP contribution in [0.15, 0.2) is 57.0 Å². The molecule has 0 saturated heterocycles. The SMILES string of the molecule is CCN(CC)S(=O)(=O)c1ccc(SC(C)C(=O)Nc2ccc(Br)cc2)nc1. The molecule has 0 aliphatic carbocycles. The number of halogens is 1. The topological polar surface area (TPSA) is 79.4 Å². The minimum absolute atomic E-state index is 0.149. The van der Waals surface area contributed by atoms with Gasteiger partial charge < -0.3 is 5.32 Å². The predicted octanol–water partition coefficient (Wildman–Crippen LogP) is 3.99. The molecule has 0 spiro atoms. The van der Waals surface area contributed by atoms with Gasteiger partial charge in [0.05, 0.1) is 10.3 Å². The van der Waals surface area contributed by atoms with E-state index in [2.05, 4.69) is 26.2 Å². The summed E-state index contributed by atoms with van der Waals surface area (Å²) in [7, 11) is -3.53. The van der Waals surface area contributed by atoms with E-state index in [1.54, 1.807) is 26.8 Å². The predicted molar refractivity (Wildman–Crippen MR) is 112 cm³/mol. The van der Waals surface area contributed by atoms with E-state index in [-0.39, 0.29) is 16.1 Å². The second kappa shape index (κ2) is 9.68. The average molecular weight is 472 g/mol. The van der Waals surface area contributed by atoms with Crippen molar-refractivity contribution >= 4 is 49.3 Å². The van der Waals surface area contributed by atoms with Crippen LogP contribution in [0.25, 0.3) is 0 Å². The van der Waals surface area contributed by atoms with Crippen molar-refractivity contribution in [3.05, 3.63) is 47.1 Å². The molecule has 0 aliphatic rings. The first kappa shape index (κ1) is 21.9. The summed E-state index contributed by atoms with van der Waals surface area (Å²) in [6.07, 6.45) is 1.34. The van der Waals surface area contributed by atoms with Crippen LogP contribution in [0, 0.1) is 0 Å². The summed E-state index contributed by atoms with van der Waals surface area (Å²) in [6.45, 7) is 6.18. The number of nitrogens with one attached hydrogen (secondary N) is 1. The summed E-state index contributed by atoms with van der Waals surface area (Å²) >= 11 is 4.62. The Hall–Kier alpha value is -1.42. The van der Waals surface area contributed by atoms with Gasteiger partial charge in [-0.05, 0) is 43.3 Å². The summed E-state index contributed by atoms with van der Waals surface area (Å²) in [6, 6.07) is 10.5. The van der Waals surface area contributed by atoms with Crippen molar-refractivity contribution in [1.29, 1.82) is 0 Å². The zero-order valence-corrected chi connectivity index (χ0v) is 18.6. The van der Waals surface area contributed by atoms with Crippen molar-refractivity contribution in [2.75, 3.05) is 18.4 Å². The van der Waals surface area contributed by atoms with Gasteiger partial charge in [-0.25, -0.2) is 13.4 Å². The van der Waals surface area contributed by atoms with E-state index in [1.807, 2.05) is 24.3 Å². The Balaban J connectivity index is 2.03. The highest BCUT2D eigenvalue weighted by molar-refractivity contribution is 9.10. The van der Waals surface area contributed by atoms with E-state index in [0.717, 1.165) is 4.47 Å². The zero-order chi connectivity index (χ0) is 20.0. The average Bonchev–Trinajstić information content (AvgIpc) is 2.64. The number of thioether (sulfide) groups is 1. The number of benzene rings is 1. The molecule has 0 fully saturated rings. The fraction of sp³-hybridized carbons (Fsp3) is 0.333. The van der Waals surface area contributed by atoms with Crippen LogP contribution in [0.3, 0.4) is 0 Å². The van der Waals surface area contributed by atoms with Crippen LogP contribution in [0.4, 0.5) is 5.69 Å². The molecule has 27 heavy (non-hydrogen) atoms. The highest BCUT2D eigenvalue weighted by atomic mass is 79.9. The maximum Gasteiger partial charge on any atom is 0.244 e. The Morgan fingerprint density at radius 3 is 2.33 bits per heavy atom. The minimum Gasteiger partial charge on any atom is -0.325 e. The summed E-state index contributed by atoms with van der Waals surface area (Å²) < 4.78 is 27.3. The van der Waals surface area contributed by atoms with Crippen molar-refractivity contribution in [1.82, 2.24) is 9.29 Å². The van der Waals surface area contributed by atoms with E-state index in [0.29, 0.717) is 23.8 Å². The largest absolute Gasteiger partial charge is 0.325 e. The lowest BCUT2D eigenvalue weighted by molar-refractivity contribution is -0.115. The Morgan fingerprint density at radius 2 is 1.81 bits per heavy atom. The van der Waals surface area contributed by atoms with Crippen LogP contribution in [0.2, 0.25) is 0 Å². The Labute approximate surface area is 172 Å². The first-order valence-corrected chi connectivity index (χ1v) is 11.6. The van der Waals surface area contributed by atoms with E-state index in [4.69, 9.17) is 0 Å². The number of carbonyl (C=O) groups excluding carboxylic acids is 1. The van der Waals surface area contributed by atoms with Crippen molar-refractivity contribution in [3.8, 4) is 0 Å². The van der Waals surface area contributed by atoms with Crippen LogP contribution in [-0.2, 0) is 14.8 Å². The van der Waals surface area contributed by atoms with Gasteiger partial charge in [0.25, 0.3) is 0 Å². The van der Waals surface area contributed by atoms with Gasteiger partial charge in [-0.3, -0.25) is 4.79 Å². The Kier molecular flexibility index (Phi) is 7.84. The van der Waals surface area contributed by atoms with Crippen LogP contribution in [0.5, 0.6) is 0 Å². The lowest BCUT2D eigenvalue weighted by Gasteiger charge is -2.18. The number of nitrogens with zero attached hydrogens (tertiary/aromatic N) is 2. The molecule has 9 heteroatoms. The van der Waals surface area contributed by atoms with Crippen LogP contribution < -0.4 is 5.32 Å². The van der Waals surface area contributed by atoms with Gasteiger partial charge in [0.2, 0.25) is 15.9 Å². The van der Waals surface area contributed by atoms with Gasteiger partial charge in [-0.2, -0.15) is 4.31 Å². The van der Waals surface area contributed by atoms with Gasteiger partial charge in [0.15, 0.2) is 0 Å². The molecule has 0 saturated carbocycles. The van der Waals surface area contributed by atoms with E-state index in [1.165, 1.54) is 28.3 Å². The molecular formula is C18H22BrN3O3S2. The van der Waals surface area contributed by atoms with Gasteiger partial charge in [0, 0.05) is 29.4 Å². The molecule has 2 aromatic rings. The van der Waals surface area contributed by atoms with Crippen molar-refractivity contribution < 1.29 is 13.2 Å². The third kappa shape index (κ3) is 5.78. The molecule has 0 aliphatic heterocycles. The molecule has 1 aromatic heterocycles. The number of aromatic nitrogens is 1. The molecule has 1 amide bonds. The third-order valence-electron chi connectivity index (χ3n) is 3.83. The fourth-order valence-corrected chi connectivity index (χ4v) is 4.77. The smallest absolute Gasteiger partial charge is 0.244 e. The molecule has 6 nitrogen and oxygen atoms in total. The fourth-order valence-electron chi connectivity index (χ4n) is 2.31. The molecule has 1 heterocycles. The summed E-state index contributed by atoms with van der Waals surface area (Å²) in [4.78, 5) is 16.7. The monoisotopic (exact) mass is 471 g/mol. The number of rotatable bonds is 8. The summed E-state index contributed by atoms with van der Waals surface area (Å²) in [5.41, 5.74) is 0.712. The van der Waals surface area contributed by atoms with Gasteiger partial charge in [0.1, 0.15) is 4.90 Å². The van der Waals surface area contributed by atoms with Gasteiger partial charge in [-0.1, -0.05) is 41.5 Å². The third-order valence-corrected chi connectivity index (χ3v) is 7.44. The molecule has 0 bridgehead atoms. The van der Waals surface area contributed by atoms with Gasteiger partial charge in [-0.15, -0.1) is 0 Å². The first-order chi connectivity index (χ1) is 12.8. The molecule has 1 atom stereocenters. The number of amides is 1. The second-order valence-corrected chi connectivity index (χ2v) is 9.89. The van der Waals surface area contributed by atoms with Crippen molar-refractivity contribution in [2.45, 2.75) is 35.9 Å². The highest BCUT2D eigenvalue weighted by Crippen LogP contribution is 2.24. The molecule has 1 N–H and O–H groups in total. The molecular weight excluding hydrogens is 450 g/mol. The highest BCUT2D eigenvalue weighted by Gasteiger charge is 2.22. The van der Waals surface area contributed by atoms with Crippen molar-refractivity contribution in [3.63, 3.8) is 0 Å². The maximum absolute atomic E-state index is 12.5. The molecule has 0 radical (unpaired) electrons. The lowest BCUT2D eigenvalue weighted by atomic mass is 10.3. The van der Waals surface area contributed by atoms with Crippen LogP contribution in [0.1, 0.15) is 20.8 Å². The standard InChI is InChI=1S/C18H22BrN3O3S2/c1-4-22(5-2)27(24,25)16-10-11-17(20-12-16)26-13(3)18(23)21-15-8-6-14(19)7-9-15/h6-13H,4-5H2,1-3H3,(H,21,23). The molecule has 146 valence electrons. The van der Waals surface area contributed by atoms with Crippen molar-refractivity contribution in [2.24, 2.45) is 0 Å². The summed E-state index contributed by atoms with van der Waals surface area (Å²) in [5, 5.41) is 3.05. The number of carbonyl (C=O) groups is 1. The zero-order valence-electron chi connectivity index (χ0n) is 15.3. The number of sulfonamides is 1. The molecule has 2 rings (SSSR count). The van der Waals surface area contributed by atoms with E-state index < -0.39 is 10.0 Å². The van der Waals surface area contributed by atoms with Crippen LogP contribution >= 0.6 is 27.7 Å². The summed E-state index contributed by atoms with van der Waals surface area (Å²) in [5.74, 6) is -0.149. The van der Waals surface area contributed by atoms with E-state index >= 15 is 0 Å². The first-order valence-electron chi connectivity index (χ1n) is 8.47. The normalized spacial score (nSPS) is 12.8. The minimum atomic E-state index is -3.53. The Morgan fingerprint density at radius 1 is 1.19 bits per heavy atom. The Bertz CT molecular complexity index is 868. The quantitative estimate of drug-likeness (QED) is 0.588. The number of hydrogen-bond acceptors (Lipinski definition) is 5. The number of pyridine rings is 1. The van der Waals surface area contributed by atoms with Crippen LogP contribution in [-0.4, -0.2) is 42.0 Å². The number of anilines is 1. The lowest BCUT2D eigenvalue weighted by Crippen LogP contribution is -2.30. The maximum atomic E-state index is 12.5. The van der Waals surface area contributed by atoms with Gasteiger partial charge >= 0.3 is 0 Å². The molecule has 1 unspecified atom stereocenters. The second-order valence-electron chi connectivity index (χ2n) is 5.68. The van der Waals surface area contributed by atoms with E-state index in [9.17, 15) is 13.2 Å². The number of hydrogen-bond donors (Lipinski definition) is 1. The molecule has 1 aromatic carbocycles.